The predicted molar refractivity (Wildman–Crippen MR) is 116 cm³/mol. The molecule has 30 heavy (non-hydrogen) atoms. The van der Waals surface area contributed by atoms with Crippen LogP contribution < -0.4 is 19.5 Å². The second-order valence-electron chi connectivity index (χ2n) is 6.47. The van der Waals surface area contributed by atoms with Gasteiger partial charge in [0, 0.05) is 17.3 Å². The Morgan fingerprint density at radius 3 is 2.30 bits per heavy atom. The molecule has 0 aliphatic carbocycles. The first-order chi connectivity index (χ1) is 14.3. The van der Waals surface area contributed by atoms with E-state index in [0.29, 0.717) is 28.4 Å². The Balaban J connectivity index is 1.90. The summed E-state index contributed by atoms with van der Waals surface area (Å²) in [6, 6.07) is 18.1. The number of hydrogen-bond donors (Lipinski definition) is 2. The van der Waals surface area contributed by atoms with Gasteiger partial charge in [-0.25, -0.2) is 8.42 Å². The van der Waals surface area contributed by atoms with Gasteiger partial charge >= 0.3 is 0 Å². The molecule has 2 N–H and O–H groups in total. The van der Waals surface area contributed by atoms with Crippen LogP contribution in [0, 0.1) is 6.92 Å². The predicted octanol–water partition coefficient (Wildman–Crippen LogP) is 4.07. The summed E-state index contributed by atoms with van der Waals surface area (Å²) in [6.07, 6.45) is 0. The molecule has 0 saturated carbocycles. The van der Waals surface area contributed by atoms with Crippen LogP contribution in [-0.2, 0) is 10.0 Å². The van der Waals surface area contributed by atoms with Crippen LogP contribution >= 0.6 is 0 Å². The highest BCUT2D eigenvalue weighted by Gasteiger charge is 2.20. The summed E-state index contributed by atoms with van der Waals surface area (Å²) in [6.45, 7) is 1.67. The van der Waals surface area contributed by atoms with Gasteiger partial charge in [0.15, 0.2) is 0 Å². The van der Waals surface area contributed by atoms with Gasteiger partial charge in [0.1, 0.15) is 11.5 Å². The van der Waals surface area contributed by atoms with Gasteiger partial charge in [0.05, 0.1) is 24.8 Å². The first-order valence-electron chi connectivity index (χ1n) is 9.06. The summed E-state index contributed by atoms with van der Waals surface area (Å²) in [5, 5.41) is 2.74. The zero-order valence-electron chi connectivity index (χ0n) is 16.8. The Kier molecular flexibility index (Phi) is 6.27. The molecule has 0 aliphatic heterocycles. The number of methoxy groups -OCH3 is 2. The van der Waals surface area contributed by atoms with Crippen LogP contribution in [0.2, 0.25) is 0 Å². The molecule has 0 saturated heterocycles. The van der Waals surface area contributed by atoms with Crippen molar-refractivity contribution in [3.63, 3.8) is 0 Å². The summed E-state index contributed by atoms with van der Waals surface area (Å²) in [5.74, 6) is 0.526. The van der Waals surface area contributed by atoms with E-state index in [0.717, 1.165) is 0 Å². The van der Waals surface area contributed by atoms with Crippen molar-refractivity contribution in [2.45, 2.75) is 11.8 Å². The van der Waals surface area contributed by atoms with Crippen molar-refractivity contribution in [3.05, 3.63) is 77.9 Å². The summed E-state index contributed by atoms with van der Waals surface area (Å²) >= 11 is 0. The van der Waals surface area contributed by atoms with Crippen LogP contribution in [0.5, 0.6) is 11.5 Å². The molecule has 3 aromatic rings. The van der Waals surface area contributed by atoms with Crippen molar-refractivity contribution in [2.75, 3.05) is 24.3 Å². The Morgan fingerprint density at radius 1 is 0.900 bits per heavy atom. The van der Waals surface area contributed by atoms with Crippen molar-refractivity contribution >= 4 is 27.3 Å². The lowest BCUT2D eigenvalue weighted by molar-refractivity contribution is 0.102. The van der Waals surface area contributed by atoms with Gasteiger partial charge in [0.2, 0.25) is 0 Å². The van der Waals surface area contributed by atoms with Crippen LogP contribution in [0.4, 0.5) is 11.4 Å². The molecule has 0 radical (unpaired) electrons. The van der Waals surface area contributed by atoms with E-state index in [9.17, 15) is 13.2 Å². The maximum atomic E-state index is 12.9. The third-order valence-electron chi connectivity index (χ3n) is 4.42. The zero-order valence-corrected chi connectivity index (χ0v) is 17.6. The quantitative estimate of drug-likeness (QED) is 0.594. The molecule has 0 bridgehead atoms. The lowest BCUT2D eigenvalue weighted by Gasteiger charge is -2.14. The number of aryl methyl sites for hydroxylation is 1. The highest BCUT2D eigenvalue weighted by atomic mass is 32.2. The van der Waals surface area contributed by atoms with Gasteiger partial charge in [0.25, 0.3) is 15.9 Å². The lowest BCUT2D eigenvalue weighted by Crippen LogP contribution is -2.17. The molecular weight excluding hydrogens is 404 g/mol. The molecular formula is C22H22N2O5S. The zero-order chi connectivity index (χ0) is 21.7. The highest BCUT2D eigenvalue weighted by molar-refractivity contribution is 7.92. The van der Waals surface area contributed by atoms with Crippen LogP contribution in [0.25, 0.3) is 0 Å². The molecule has 7 nitrogen and oxygen atoms in total. The molecule has 3 aromatic carbocycles. The first-order valence-corrected chi connectivity index (χ1v) is 10.5. The Labute approximate surface area is 175 Å². The van der Waals surface area contributed by atoms with E-state index < -0.39 is 15.9 Å². The summed E-state index contributed by atoms with van der Waals surface area (Å²) in [4.78, 5) is 12.8. The van der Waals surface area contributed by atoms with E-state index in [2.05, 4.69) is 10.0 Å². The summed E-state index contributed by atoms with van der Waals surface area (Å²) in [7, 11) is -0.864. The van der Waals surface area contributed by atoms with Crippen molar-refractivity contribution in [2.24, 2.45) is 0 Å². The molecule has 156 valence electrons. The molecule has 8 heteroatoms. The maximum Gasteiger partial charge on any atom is 0.262 e. The number of hydrogen-bond acceptors (Lipinski definition) is 5. The topological polar surface area (TPSA) is 93.7 Å². The van der Waals surface area contributed by atoms with E-state index in [1.165, 1.54) is 20.3 Å². The lowest BCUT2D eigenvalue weighted by atomic mass is 10.1. The molecule has 0 aromatic heterocycles. The number of anilines is 2. The minimum absolute atomic E-state index is 0.0246. The van der Waals surface area contributed by atoms with E-state index in [-0.39, 0.29) is 10.5 Å². The van der Waals surface area contributed by atoms with Gasteiger partial charge < -0.3 is 14.8 Å². The monoisotopic (exact) mass is 426 g/mol. The molecule has 0 unspecified atom stereocenters. The van der Waals surface area contributed by atoms with Crippen molar-refractivity contribution in [1.29, 1.82) is 0 Å². The number of nitrogens with one attached hydrogen (secondary N) is 2. The smallest absolute Gasteiger partial charge is 0.262 e. The van der Waals surface area contributed by atoms with Crippen LogP contribution in [0.15, 0.2) is 71.6 Å². The second-order valence-corrected chi connectivity index (χ2v) is 8.12. The standard InChI is InChI=1S/C22H22N2O5S/c1-15-9-10-16(13-21(15)30(26,27)24-17-7-5-4-6-8-17)22(25)23-19-14-18(28-2)11-12-20(19)29-3/h4-14,24H,1-3H3,(H,23,25). The van der Waals surface area contributed by atoms with Crippen LogP contribution in [-0.4, -0.2) is 28.5 Å². The first kappa shape index (κ1) is 21.2. The average Bonchev–Trinajstić information content (AvgIpc) is 2.74. The number of carbonyl (C=O) groups is 1. The fourth-order valence-electron chi connectivity index (χ4n) is 2.85. The maximum absolute atomic E-state index is 12.9. The van der Waals surface area contributed by atoms with Crippen molar-refractivity contribution in [3.8, 4) is 11.5 Å². The van der Waals surface area contributed by atoms with Crippen LogP contribution in [0.3, 0.4) is 0 Å². The normalized spacial score (nSPS) is 10.9. The molecule has 1 amide bonds. The molecule has 3 rings (SSSR count). The number of sulfonamides is 1. The summed E-state index contributed by atoms with van der Waals surface area (Å²) in [5.41, 5.74) is 1.56. The van der Waals surface area contributed by atoms with Crippen molar-refractivity contribution in [1.82, 2.24) is 0 Å². The SMILES string of the molecule is COc1ccc(OC)c(NC(=O)c2ccc(C)c(S(=O)(=O)Nc3ccccc3)c2)c1. The summed E-state index contributed by atoms with van der Waals surface area (Å²) < 4.78 is 38.7. The van der Waals surface area contributed by atoms with Crippen LogP contribution in [0.1, 0.15) is 15.9 Å². The largest absolute Gasteiger partial charge is 0.497 e. The third-order valence-corrected chi connectivity index (χ3v) is 5.94. The highest BCUT2D eigenvalue weighted by Crippen LogP contribution is 2.29. The Morgan fingerprint density at radius 2 is 1.63 bits per heavy atom. The van der Waals surface area contributed by atoms with Gasteiger partial charge in [-0.05, 0) is 48.9 Å². The second kappa shape index (κ2) is 8.87. The van der Waals surface area contributed by atoms with Gasteiger partial charge in [-0.3, -0.25) is 9.52 Å². The van der Waals surface area contributed by atoms with E-state index in [4.69, 9.17) is 9.47 Å². The molecule has 0 fully saturated rings. The molecule has 0 atom stereocenters. The minimum Gasteiger partial charge on any atom is -0.497 e. The minimum atomic E-state index is -3.87. The fourth-order valence-corrected chi connectivity index (χ4v) is 4.18. The van der Waals surface area contributed by atoms with Gasteiger partial charge in [-0.2, -0.15) is 0 Å². The Hall–Kier alpha value is -3.52. The van der Waals surface area contributed by atoms with E-state index in [1.807, 2.05) is 0 Å². The number of rotatable bonds is 7. The van der Waals surface area contributed by atoms with E-state index in [1.54, 1.807) is 67.6 Å². The fraction of sp³-hybridized carbons (Fsp3) is 0.136. The molecule has 0 aliphatic rings. The van der Waals surface area contributed by atoms with E-state index >= 15 is 0 Å². The molecule has 0 spiro atoms. The number of carbonyl (C=O) groups excluding carboxylic acids is 1. The average molecular weight is 426 g/mol. The molecule has 0 heterocycles. The van der Waals surface area contributed by atoms with Gasteiger partial charge in [-0.15, -0.1) is 0 Å². The number of ether oxygens (including phenoxy) is 2. The Bertz CT molecular complexity index is 1160. The number of amides is 1. The number of para-hydroxylation sites is 1. The van der Waals surface area contributed by atoms with Gasteiger partial charge in [-0.1, -0.05) is 24.3 Å². The number of benzene rings is 3. The third kappa shape index (κ3) is 4.72. The van der Waals surface area contributed by atoms with Crippen molar-refractivity contribution < 1.29 is 22.7 Å².